The molecule has 0 atom stereocenters. The zero-order valence-electron chi connectivity index (χ0n) is 11.2. The van der Waals surface area contributed by atoms with E-state index in [-0.39, 0.29) is 15.0 Å². The Labute approximate surface area is 125 Å². The molecule has 1 heterocycles. The van der Waals surface area contributed by atoms with E-state index < -0.39 is 0 Å². The van der Waals surface area contributed by atoms with Gasteiger partial charge in [0, 0.05) is 0 Å². The summed E-state index contributed by atoms with van der Waals surface area (Å²) in [4.78, 5) is 8.82. The normalized spacial score (nSPS) is 10.4. The maximum absolute atomic E-state index is 4.41. The number of aryl methyl sites for hydroxylation is 1. The molecule has 2 nitrogen and oxygen atoms in total. The van der Waals surface area contributed by atoms with Gasteiger partial charge in [0.1, 0.15) is 0 Å². The Morgan fingerprint density at radius 3 is 2.30 bits per heavy atom. The standard InChI is InChI=1S/C17H14N2Se/c1-13-7-5-10-15(20-14-8-3-2-4-9-14)16(13)17-18-11-6-12-19-17/h2-12H,1H3. The Morgan fingerprint density at radius 2 is 1.55 bits per heavy atom. The second-order valence-corrected chi connectivity index (χ2v) is 6.78. The van der Waals surface area contributed by atoms with Crippen molar-refractivity contribution in [1.29, 1.82) is 0 Å². The van der Waals surface area contributed by atoms with Gasteiger partial charge in [-0.25, -0.2) is 0 Å². The van der Waals surface area contributed by atoms with E-state index in [0.29, 0.717) is 0 Å². The topological polar surface area (TPSA) is 25.8 Å². The minimum absolute atomic E-state index is 0.266. The zero-order chi connectivity index (χ0) is 13.8. The summed E-state index contributed by atoms with van der Waals surface area (Å²) in [6, 6.07) is 18.9. The van der Waals surface area contributed by atoms with Crippen LogP contribution in [0.2, 0.25) is 0 Å². The average molecular weight is 325 g/mol. The molecule has 0 fully saturated rings. The van der Waals surface area contributed by atoms with Crippen LogP contribution in [0.3, 0.4) is 0 Å². The van der Waals surface area contributed by atoms with Crippen LogP contribution in [0, 0.1) is 6.92 Å². The fourth-order valence-electron chi connectivity index (χ4n) is 2.06. The van der Waals surface area contributed by atoms with E-state index in [9.17, 15) is 0 Å². The van der Waals surface area contributed by atoms with Crippen LogP contribution in [-0.4, -0.2) is 24.9 Å². The Hall–Kier alpha value is -1.96. The first kappa shape index (κ1) is 13.0. The molecule has 3 aromatic rings. The number of rotatable bonds is 3. The second-order valence-electron chi connectivity index (χ2n) is 4.44. The van der Waals surface area contributed by atoms with E-state index in [1.807, 2.05) is 6.07 Å². The van der Waals surface area contributed by atoms with Crippen LogP contribution >= 0.6 is 0 Å². The van der Waals surface area contributed by atoms with Gasteiger partial charge >= 0.3 is 125 Å². The Bertz CT molecular complexity index is 697. The summed E-state index contributed by atoms with van der Waals surface area (Å²) < 4.78 is 2.69. The molecule has 0 N–H and O–H groups in total. The molecule has 0 spiro atoms. The Balaban J connectivity index is 2.06. The molecule has 0 saturated heterocycles. The van der Waals surface area contributed by atoms with Gasteiger partial charge in [-0.15, -0.1) is 0 Å². The summed E-state index contributed by atoms with van der Waals surface area (Å²) in [7, 11) is 0. The zero-order valence-corrected chi connectivity index (χ0v) is 12.9. The quantitative estimate of drug-likeness (QED) is 0.689. The third-order valence-corrected chi connectivity index (χ3v) is 5.24. The molecule has 0 radical (unpaired) electrons. The molecule has 3 rings (SSSR count). The number of hydrogen-bond donors (Lipinski definition) is 0. The van der Waals surface area contributed by atoms with E-state index in [0.717, 1.165) is 5.82 Å². The Morgan fingerprint density at radius 1 is 0.800 bits per heavy atom. The summed E-state index contributed by atoms with van der Waals surface area (Å²) >= 11 is 0.266. The monoisotopic (exact) mass is 326 g/mol. The van der Waals surface area contributed by atoms with Crippen LogP contribution in [0.1, 0.15) is 5.56 Å². The van der Waals surface area contributed by atoms with E-state index in [4.69, 9.17) is 0 Å². The van der Waals surface area contributed by atoms with Gasteiger partial charge in [-0.2, -0.15) is 0 Å². The van der Waals surface area contributed by atoms with Crippen LogP contribution in [-0.2, 0) is 0 Å². The summed E-state index contributed by atoms with van der Waals surface area (Å²) in [5.74, 6) is 0.818. The van der Waals surface area contributed by atoms with Gasteiger partial charge in [0.05, 0.1) is 0 Å². The molecule has 0 unspecified atom stereocenters. The molecule has 0 aliphatic rings. The molecule has 3 heteroatoms. The number of hydrogen-bond acceptors (Lipinski definition) is 2. The molecule has 0 bridgehead atoms. The molecule has 0 aliphatic carbocycles. The molecule has 0 saturated carbocycles. The molecule has 2 aromatic carbocycles. The second kappa shape index (κ2) is 6.00. The first-order valence-corrected chi connectivity index (χ1v) is 8.16. The van der Waals surface area contributed by atoms with Gasteiger partial charge in [-0.1, -0.05) is 0 Å². The summed E-state index contributed by atoms with van der Waals surface area (Å²) in [5, 5.41) is 0. The average Bonchev–Trinajstić information content (AvgIpc) is 2.49. The fourth-order valence-corrected chi connectivity index (χ4v) is 4.26. The van der Waals surface area contributed by atoms with Gasteiger partial charge in [0.15, 0.2) is 0 Å². The molecular weight excluding hydrogens is 311 g/mol. The third kappa shape index (κ3) is 2.79. The van der Waals surface area contributed by atoms with Gasteiger partial charge < -0.3 is 0 Å². The van der Waals surface area contributed by atoms with Crippen LogP contribution in [0.4, 0.5) is 0 Å². The van der Waals surface area contributed by atoms with Crippen molar-refractivity contribution in [3.63, 3.8) is 0 Å². The third-order valence-electron chi connectivity index (χ3n) is 2.99. The van der Waals surface area contributed by atoms with Crippen molar-refractivity contribution in [2.75, 3.05) is 0 Å². The van der Waals surface area contributed by atoms with Crippen molar-refractivity contribution in [3.05, 3.63) is 72.6 Å². The first-order chi connectivity index (χ1) is 9.84. The van der Waals surface area contributed by atoms with Crippen molar-refractivity contribution in [2.45, 2.75) is 6.92 Å². The van der Waals surface area contributed by atoms with Gasteiger partial charge in [0.2, 0.25) is 0 Å². The molecular formula is C17H14N2Se. The van der Waals surface area contributed by atoms with Crippen LogP contribution < -0.4 is 8.92 Å². The Kier molecular flexibility index (Phi) is 3.91. The number of nitrogens with zero attached hydrogens (tertiary/aromatic N) is 2. The van der Waals surface area contributed by atoms with Gasteiger partial charge in [0.25, 0.3) is 0 Å². The number of benzene rings is 2. The van der Waals surface area contributed by atoms with E-state index in [1.165, 1.54) is 20.1 Å². The van der Waals surface area contributed by atoms with E-state index >= 15 is 0 Å². The molecule has 0 amide bonds. The molecule has 0 aliphatic heterocycles. The number of aromatic nitrogens is 2. The molecule has 1 aromatic heterocycles. The van der Waals surface area contributed by atoms with Crippen LogP contribution in [0.15, 0.2) is 67.0 Å². The van der Waals surface area contributed by atoms with Crippen LogP contribution in [0.5, 0.6) is 0 Å². The molecule has 20 heavy (non-hydrogen) atoms. The first-order valence-electron chi connectivity index (χ1n) is 6.44. The SMILES string of the molecule is Cc1cccc([Se]c2ccccc2)c1-c1ncccn1. The van der Waals surface area contributed by atoms with Crippen molar-refractivity contribution in [3.8, 4) is 11.4 Å². The van der Waals surface area contributed by atoms with Crippen molar-refractivity contribution < 1.29 is 0 Å². The predicted molar refractivity (Wildman–Crippen MR) is 83.7 cm³/mol. The van der Waals surface area contributed by atoms with Gasteiger partial charge in [-0.05, 0) is 0 Å². The van der Waals surface area contributed by atoms with E-state index in [1.54, 1.807) is 12.4 Å². The van der Waals surface area contributed by atoms with Crippen molar-refractivity contribution >= 4 is 23.9 Å². The fraction of sp³-hybridized carbons (Fsp3) is 0.0588. The maximum atomic E-state index is 4.41. The summed E-state index contributed by atoms with van der Waals surface area (Å²) in [5.41, 5.74) is 2.41. The van der Waals surface area contributed by atoms with Crippen molar-refractivity contribution in [1.82, 2.24) is 9.97 Å². The predicted octanol–water partition coefficient (Wildman–Crippen LogP) is 2.11. The van der Waals surface area contributed by atoms with E-state index in [2.05, 4.69) is 65.4 Å². The molecule has 98 valence electrons. The summed E-state index contributed by atoms with van der Waals surface area (Å²) in [6.07, 6.45) is 3.60. The minimum atomic E-state index is 0.266. The van der Waals surface area contributed by atoms with Crippen molar-refractivity contribution in [2.24, 2.45) is 0 Å². The summed E-state index contributed by atoms with van der Waals surface area (Å²) in [6.45, 7) is 2.12. The van der Waals surface area contributed by atoms with Gasteiger partial charge in [-0.3, -0.25) is 0 Å². The van der Waals surface area contributed by atoms with Crippen LogP contribution in [0.25, 0.3) is 11.4 Å².